The Morgan fingerprint density at radius 2 is 2.12 bits per heavy atom. The van der Waals surface area contributed by atoms with Crippen LogP contribution in [0.2, 0.25) is 0 Å². The SMILES string of the molecule is FC(F)(F)COc1cnn(C2CCNCC2)c1. The molecule has 96 valence electrons. The van der Waals surface area contributed by atoms with Crippen molar-refractivity contribution < 1.29 is 17.9 Å². The van der Waals surface area contributed by atoms with Gasteiger partial charge in [-0.15, -0.1) is 0 Å². The minimum Gasteiger partial charge on any atom is -0.481 e. The van der Waals surface area contributed by atoms with Crippen molar-refractivity contribution in [2.45, 2.75) is 25.1 Å². The topological polar surface area (TPSA) is 39.1 Å². The number of halogens is 3. The molecule has 1 N–H and O–H groups in total. The number of nitrogens with zero attached hydrogens (tertiary/aromatic N) is 2. The molecule has 1 fully saturated rings. The van der Waals surface area contributed by atoms with Crippen LogP contribution in [0.4, 0.5) is 13.2 Å². The van der Waals surface area contributed by atoms with Crippen LogP contribution in [0.15, 0.2) is 12.4 Å². The molecule has 0 radical (unpaired) electrons. The van der Waals surface area contributed by atoms with Crippen molar-refractivity contribution in [1.29, 1.82) is 0 Å². The van der Waals surface area contributed by atoms with Crippen molar-refractivity contribution in [1.82, 2.24) is 15.1 Å². The molecule has 0 spiro atoms. The van der Waals surface area contributed by atoms with E-state index in [2.05, 4.69) is 15.2 Å². The zero-order valence-electron chi connectivity index (χ0n) is 9.20. The van der Waals surface area contributed by atoms with Gasteiger partial charge in [0.15, 0.2) is 12.4 Å². The van der Waals surface area contributed by atoms with Crippen LogP contribution in [0, 0.1) is 0 Å². The van der Waals surface area contributed by atoms with Gasteiger partial charge in [-0.25, -0.2) is 0 Å². The van der Waals surface area contributed by atoms with Gasteiger partial charge >= 0.3 is 6.18 Å². The molecule has 0 aromatic carbocycles. The number of aromatic nitrogens is 2. The van der Waals surface area contributed by atoms with Gasteiger partial charge in [-0.2, -0.15) is 18.3 Å². The second-order valence-electron chi connectivity index (χ2n) is 4.04. The number of rotatable bonds is 3. The smallest absolute Gasteiger partial charge is 0.422 e. The van der Waals surface area contributed by atoms with Gasteiger partial charge in [0, 0.05) is 0 Å². The molecule has 0 atom stereocenters. The zero-order valence-corrected chi connectivity index (χ0v) is 9.20. The fourth-order valence-corrected chi connectivity index (χ4v) is 1.83. The van der Waals surface area contributed by atoms with Crippen molar-refractivity contribution in [3.05, 3.63) is 12.4 Å². The number of piperidine rings is 1. The van der Waals surface area contributed by atoms with Gasteiger partial charge in [0.05, 0.1) is 18.4 Å². The average Bonchev–Trinajstić information content (AvgIpc) is 2.75. The molecule has 1 aromatic heterocycles. The maximum atomic E-state index is 11.9. The molecule has 2 rings (SSSR count). The third-order valence-corrected chi connectivity index (χ3v) is 2.66. The molecule has 0 saturated carbocycles. The lowest BCUT2D eigenvalue weighted by Crippen LogP contribution is -2.29. The summed E-state index contributed by atoms with van der Waals surface area (Å²) in [6.45, 7) is 0.539. The lowest BCUT2D eigenvalue weighted by atomic mass is 10.1. The summed E-state index contributed by atoms with van der Waals surface area (Å²) in [5.41, 5.74) is 0. The summed E-state index contributed by atoms with van der Waals surface area (Å²) in [7, 11) is 0. The number of alkyl halides is 3. The summed E-state index contributed by atoms with van der Waals surface area (Å²) < 4.78 is 42.1. The summed E-state index contributed by atoms with van der Waals surface area (Å²) in [6, 6.07) is 0.250. The summed E-state index contributed by atoms with van der Waals surface area (Å²) in [6.07, 6.45) is 0.410. The van der Waals surface area contributed by atoms with E-state index in [-0.39, 0.29) is 11.8 Å². The highest BCUT2D eigenvalue weighted by atomic mass is 19.4. The lowest BCUT2D eigenvalue weighted by Gasteiger charge is -2.22. The largest absolute Gasteiger partial charge is 0.481 e. The van der Waals surface area contributed by atoms with Crippen LogP contribution in [0.3, 0.4) is 0 Å². The van der Waals surface area contributed by atoms with E-state index >= 15 is 0 Å². The normalized spacial score (nSPS) is 18.3. The van der Waals surface area contributed by atoms with E-state index in [0.29, 0.717) is 0 Å². The first-order valence-corrected chi connectivity index (χ1v) is 5.49. The Hall–Kier alpha value is -1.24. The molecule has 1 aromatic rings. The fourth-order valence-electron chi connectivity index (χ4n) is 1.83. The molecule has 2 heterocycles. The molecular weight excluding hydrogens is 235 g/mol. The van der Waals surface area contributed by atoms with Crippen LogP contribution in [-0.4, -0.2) is 35.7 Å². The number of nitrogens with one attached hydrogen (secondary N) is 1. The Morgan fingerprint density at radius 3 is 2.76 bits per heavy atom. The van der Waals surface area contributed by atoms with E-state index in [1.165, 1.54) is 12.4 Å². The Balaban J connectivity index is 1.91. The van der Waals surface area contributed by atoms with Crippen molar-refractivity contribution in [2.24, 2.45) is 0 Å². The van der Waals surface area contributed by atoms with E-state index < -0.39 is 12.8 Å². The van der Waals surface area contributed by atoms with Crippen molar-refractivity contribution in [3.8, 4) is 5.75 Å². The predicted octanol–water partition coefficient (Wildman–Crippen LogP) is 1.75. The lowest BCUT2D eigenvalue weighted by molar-refractivity contribution is -0.153. The van der Waals surface area contributed by atoms with Gasteiger partial charge < -0.3 is 10.1 Å². The summed E-state index contributed by atoms with van der Waals surface area (Å²) >= 11 is 0. The van der Waals surface area contributed by atoms with Crippen molar-refractivity contribution in [3.63, 3.8) is 0 Å². The van der Waals surface area contributed by atoms with Gasteiger partial charge in [0.25, 0.3) is 0 Å². The Kier molecular flexibility index (Phi) is 3.56. The molecule has 4 nitrogen and oxygen atoms in total. The highest BCUT2D eigenvalue weighted by molar-refractivity contribution is 5.12. The molecule has 0 unspecified atom stereocenters. The predicted molar refractivity (Wildman–Crippen MR) is 54.9 cm³/mol. The number of hydrogen-bond acceptors (Lipinski definition) is 3. The third kappa shape index (κ3) is 3.62. The Morgan fingerprint density at radius 1 is 1.41 bits per heavy atom. The standard InChI is InChI=1S/C10H14F3N3O/c11-10(12,13)7-17-9-5-15-16(6-9)8-1-3-14-4-2-8/h5-6,8,14H,1-4,7H2. The molecule has 0 aliphatic carbocycles. The van der Waals surface area contributed by atoms with Crippen LogP contribution in [0.5, 0.6) is 5.75 Å². The van der Waals surface area contributed by atoms with Gasteiger partial charge in [-0.3, -0.25) is 4.68 Å². The van der Waals surface area contributed by atoms with Crippen LogP contribution in [0.1, 0.15) is 18.9 Å². The highest BCUT2D eigenvalue weighted by Crippen LogP contribution is 2.22. The zero-order chi connectivity index (χ0) is 12.3. The summed E-state index contributed by atoms with van der Waals surface area (Å²) in [5, 5.41) is 7.25. The maximum absolute atomic E-state index is 11.9. The minimum absolute atomic E-state index is 0.167. The number of ether oxygens (including phenoxy) is 1. The van der Waals surface area contributed by atoms with E-state index in [1.54, 1.807) is 4.68 Å². The third-order valence-electron chi connectivity index (χ3n) is 2.66. The maximum Gasteiger partial charge on any atom is 0.422 e. The molecular formula is C10H14F3N3O. The van der Waals surface area contributed by atoms with Crippen LogP contribution in [-0.2, 0) is 0 Å². The molecule has 1 aliphatic rings. The van der Waals surface area contributed by atoms with Crippen molar-refractivity contribution >= 4 is 0 Å². The van der Waals surface area contributed by atoms with E-state index in [9.17, 15) is 13.2 Å². The monoisotopic (exact) mass is 249 g/mol. The van der Waals surface area contributed by atoms with Crippen LogP contribution < -0.4 is 10.1 Å². The second-order valence-corrected chi connectivity index (χ2v) is 4.04. The molecule has 1 saturated heterocycles. The van der Waals surface area contributed by atoms with Gasteiger partial charge in [-0.05, 0) is 25.9 Å². The first kappa shape index (κ1) is 12.2. The van der Waals surface area contributed by atoms with E-state index in [4.69, 9.17) is 0 Å². The Labute approximate surface area is 96.7 Å². The summed E-state index contributed by atoms with van der Waals surface area (Å²) in [5.74, 6) is 0.167. The molecule has 7 heteroatoms. The number of hydrogen-bond donors (Lipinski definition) is 1. The van der Waals surface area contributed by atoms with Crippen LogP contribution in [0.25, 0.3) is 0 Å². The minimum atomic E-state index is -4.31. The second kappa shape index (κ2) is 4.95. The van der Waals surface area contributed by atoms with Gasteiger partial charge in [-0.1, -0.05) is 0 Å². The Bertz CT molecular complexity index is 358. The summed E-state index contributed by atoms with van der Waals surface area (Å²) in [4.78, 5) is 0. The van der Waals surface area contributed by atoms with Gasteiger partial charge in [0.2, 0.25) is 0 Å². The quantitative estimate of drug-likeness (QED) is 0.887. The molecule has 1 aliphatic heterocycles. The van der Waals surface area contributed by atoms with E-state index in [1.807, 2.05) is 0 Å². The van der Waals surface area contributed by atoms with Gasteiger partial charge in [0.1, 0.15) is 0 Å². The highest BCUT2D eigenvalue weighted by Gasteiger charge is 2.28. The average molecular weight is 249 g/mol. The first-order valence-electron chi connectivity index (χ1n) is 5.49. The molecule has 0 amide bonds. The molecule has 17 heavy (non-hydrogen) atoms. The van der Waals surface area contributed by atoms with Crippen LogP contribution >= 0.6 is 0 Å². The fraction of sp³-hybridized carbons (Fsp3) is 0.700. The first-order chi connectivity index (χ1) is 8.04. The van der Waals surface area contributed by atoms with Crippen molar-refractivity contribution in [2.75, 3.05) is 19.7 Å². The van der Waals surface area contributed by atoms with E-state index in [0.717, 1.165) is 25.9 Å². The molecule has 0 bridgehead atoms.